The summed E-state index contributed by atoms with van der Waals surface area (Å²) < 4.78 is 26.3. The van der Waals surface area contributed by atoms with E-state index in [9.17, 15) is 22.8 Å². The Hall–Kier alpha value is -2.91. The highest BCUT2D eigenvalue weighted by molar-refractivity contribution is 7.90. The van der Waals surface area contributed by atoms with Crippen molar-refractivity contribution in [3.05, 3.63) is 64.7 Å². The quantitative estimate of drug-likeness (QED) is 0.534. The monoisotopic (exact) mass is 505 g/mol. The summed E-state index contributed by atoms with van der Waals surface area (Å²) in [5, 5.41) is 3.28. The lowest BCUT2D eigenvalue weighted by atomic mass is 10.1. The molecule has 0 unspecified atom stereocenters. The highest BCUT2D eigenvalue weighted by Crippen LogP contribution is 2.30. The van der Waals surface area contributed by atoms with Crippen LogP contribution in [0.15, 0.2) is 53.4 Å². The van der Waals surface area contributed by atoms with E-state index in [-0.39, 0.29) is 48.2 Å². The molecule has 10 heteroatoms. The molecule has 3 rings (SSSR count). The summed E-state index contributed by atoms with van der Waals surface area (Å²) in [4.78, 5) is 39.7. The number of fused-ring (bicyclic) bond motifs is 1. The Labute approximate surface area is 204 Å². The van der Waals surface area contributed by atoms with Gasteiger partial charge < -0.3 is 10.2 Å². The number of hydrogen-bond acceptors (Lipinski definition) is 5. The molecule has 0 bridgehead atoms. The number of nitrogens with zero attached hydrogens (tertiary/aromatic N) is 2. The van der Waals surface area contributed by atoms with Gasteiger partial charge in [0.1, 0.15) is 10.9 Å². The van der Waals surface area contributed by atoms with Crippen LogP contribution in [0.5, 0.6) is 0 Å². The summed E-state index contributed by atoms with van der Waals surface area (Å²) >= 11 is 6.27. The summed E-state index contributed by atoms with van der Waals surface area (Å²) in [5.74, 6) is -1.21. The second-order valence-corrected chi connectivity index (χ2v) is 10.3. The fraction of sp³-hybridized carbons (Fsp3) is 0.375. The molecule has 0 aliphatic carbocycles. The van der Waals surface area contributed by atoms with E-state index in [0.717, 1.165) is 10.7 Å². The molecule has 2 aromatic carbocycles. The normalized spacial score (nSPS) is 15.0. The number of nitrogens with one attached hydrogen (secondary N) is 1. The molecule has 1 heterocycles. The van der Waals surface area contributed by atoms with Crippen LogP contribution >= 0.6 is 11.6 Å². The summed E-state index contributed by atoms with van der Waals surface area (Å²) in [7, 11) is -3.93. The van der Waals surface area contributed by atoms with Crippen LogP contribution < -0.4 is 5.32 Å². The van der Waals surface area contributed by atoms with E-state index in [0.29, 0.717) is 17.1 Å². The van der Waals surface area contributed by atoms with Crippen LogP contribution in [0.2, 0.25) is 5.02 Å². The highest BCUT2D eigenvalue weighted by atomic mass is 35.5. The minimum atomic E-state index is -3.93. The molecule has 0 aromatic heterocycles. The van der Waals surface area contributed by atoms with Crippen molar-refractivity contribution in [2.75, 3.05) is 13.1 Å². The average molecular weight is 506 g/mol. The molecule has 0 saturated heterocycles. The Morgan fingerprint density at radius 1 is 1.12 bits per heavy atom. The lowest BCUT2D eigenvalue weighted by Gasteiger charge is -2.29. The smallest absolute Gasteiger partial charge is 0.269 e. The SMILES string of the molecule is CCCNC(=O)[C@@H](C)N(Cc1ccccc1Cl)C(=O)CCCN1C(=O)c2ccccc2S1(=O)=O. The zero-order chi connectivity index (χ0) is 24.9. The number of carbonyl (C=O) groups excluding carboxylic acids is 3. The minimum Gasteiger partial charge on any atom is -0.354 e. The van der Waals surface area contributed by atoms with E-state index in [1.807, 2.05) is 6.92 Å². The zero-order valence-corrected chi connectivity index (χ0v) is 20.7. The molecule has 182 valence electrons. The Kier molecular flexibility index (Phi) is 8.33. The summed E-state index contributed by atoms with van der Waals surface area (Å²) in [6, 6.07) is 12.4. The molecule has 1 aliphatic heterocycles. The van der Waals surface area contributed by atoms with Crippen molar-refractivity contribution < 1.29 is 22.8 Å². The van der Waals surface area contributed by atoms with Gasteiger partial charge in [0.25, 0.3) is 15.9 Å². The fourth-order valence-corrected chi connectivity index (χ4v) is 5.56. The van der Waals surface area contributed by atoms with Gasteiger partial charge >= 0.3 is 0 Å². The van der Waals surface area contributed by atoms with Crippen molar-refractivity contribution in [2.45, 2.75) is 50.6 Å². The number of carbonyl (C=O) groups is 3. The molecule has 34 heavy (non-hydrogen) atoms. The number of halogens is 1. The van der Waals surface area contributed by atoms with Crippen LogP contribution in [0.4, 0.5) is 0 Å². The molecule has 0 fully saturated rings. The first-order valence-corrected chi connectivity index (χ1v) is 13.0. The van der Waals surface area contributed by atoms with Crippen molar-refractivity contribution >= 4 is 39.3 Å². The van der Waals surface area contributed by atoms with E-state index in [1.54, 1.807) is 43.3 Å². The van der Waals surface area contributed by atoms with Crippen LogP contribution in [0.1, 0.15) is 49.0 Å². The molecule has 1 atom stereocenters. The number of amides is 3. The number of sulfonamides is 1. The number of rotatable bonds is 10. The summed E-state index contributed by atoms with van der Waals surface area (Å²) in [5.41, 5.74) is 0.829. The Bertz CT molecular complexity index is 1180. The lowest BCUT2D eigenvalue weighted by Crippen LogP contribution is -2.47. The molecule has 3 amide bonds. The molecule has 8 nitrogen and oxygen atoms in total. The van der Waals surface area contributed by atoms with Crippen molar-refractivity contribution in [1.82, 2.24) is 14.5 Å². The highest BCUT2D eigenvalue weighted by Gasteiger charge is 2.40. The van der Waals surface area contributed by atoms with Crippen LogP contribution in [0, 0.1) is 0 Å². The van der Waals surface area contributed by atoms with Crippen molar-refractivity contribution in [3.63, 3.8) is 0 Å². The standard InChI is InChI=1S/C24H28ClN3O5S/c1-3-14-26-23(30)17(2)27(16-18-9-4-6-11-20(18)25)22(29)13-8-15-28-24(31)19-10-5-7-12-21(19)34(28,32)33/h4-7,9-12,17H,3,8,13-16H2,1-2H3,(H,26,30)/t17-/m1/s1. The van der Waals surface area contributed by atoms with Gasteiger partial charge in [0, 0.05) is 31.1 Å². The number of hydrogen-bond donors (Lipinski definition) is 1. The average Bonchev–Trinajstić information content (AvgIpc) is 3.02. The van der Waals surface area contributed by atoms with Gasteiger partial charge in [0.05, 0.1) is 5.56 Å². The van der Waals surface area contributed by atoms with Gasteiger partial charge in [-0.25, -0.2) is 12.7 Å². The molecule has 0 spiro atoms. The van der Waals surface area contributed by atoms with E-state index in [1.165, 1.54) is 17.0 Å². The largest absolute Gasteiger partial charge is 0.354 e. The third kappa shape index (κ3) is 5.42. The van der Waals surface area contributed by atoms with Crippen LogP contribution in [-0.4, -0.2) is 54.5 Å². The van der Waals surface area contributed by atoms with E-state index in [4.69, 9.17) is 11.6 Å². The third-order valence-electron chi connectivity index (χ3n) is 5.68. The van der Waals surface area contributed by atoms with Gasteiger partial charge in [-0.05, 0) is 43.5 Å². The van der Waals surface area contributed by atoms with E-state index < -0.39 is 22.0 Å². The first-order valence-electron chi connectivity index (χ1n) is 11.1. The molecule has 1 aliphatic rings. The fourth-order valence-electron chi connectivity index (χ4n) is 3.76. The maximum absolute atomic E-state index is 13.2. The van der Waals surface area contributed by atoms with Crippen LogP contribution in [-0.2, 0) is 26.2 Å². The summed E-state index contributed by atoms with van der Waals surface area (Å²) in [6.45, 7) is 4.07. The molecule has 2 aromatic rings. The minimum absolute atomic E-state index is 0.0205. The van der Waals surface area contributed by atoms with Crippen LogP contribution in [0.25, 0.3) is 0 Å². The van der Waals surface area contributed by atoms with Gasteiger partial charge in [-0.3, -0.25) is 14.4 Å². The maximum Gasteiger partial charge on any atom is 0.269 e. The zero-order valence-electron chi connectivity index (χ0n) is 19.2. The van der Waals surface area contributed by atoms with Crippen molar-refractivity contribution in [3.8, 4) is 0 Å². The van der Waals surface area contributed by atoms with Gasteiger partial charge in [-0.1, -0.05) is 48.9 Å². The summed E-state index contributed by atoms with van der Waals surface area (Å²) in [6.07, 6.45) is 0.850. The molecule has 0 radical (unpaired) electrons. The predicted molar refractivity (Wildman–Crippen MR) is 129 cm³/mol. The molecular weight excluding hydrogens is 478 g/mol. The van der Waals surface area contributed by atoms with Crippen molar-refractivity contribution in [2.24, 2.45) is 0 Å². The Balaban J connectivity index is 1.71. The van der Waals surface area contributed by atoms with Gasteiger partial charge in [-0.15, -0.1) is 0 Å². The van der Waals surface area contributed by atoms with Gasteiger partial charge in [0.2, 0.25) is 11.8 Å². The molecule has 1 N–H and O–H groups in total. The second-order valence-electron chi connectivity index (χ2n) is 8.06. The van der Waals surface area contributed by atoms with Crippen molar-refractivity contribution in [1.29, 1.82) is 0 Å². The third-order valence-corrected chi connectivity index (χ3v) is 7.89. The van der Waals surface area contributed by atoms with Crippen LogP contribution in [0.3, 0.4) is 0 Å². The molecule has 0 saturated carbocycles. The predicted octanol–water partition coefficient (Wildman–Crippen LogP) is 3.21. The van der Waals surface area contributed by atoms with Gasteiger partial charge in [-0.2, -0.15) is 0 Å². The lowest BCUT2D eigenvalue weighted by molar-refractivity contribution is -0.140. The topological polar surface area (TPSA) is 104 Å². The molecular formula is C24H28ClN3O5S. The Morgan fingerprint density at radius 3 is 2.47 bits per heavy atom. The number of benzene rings is 2. The maximum atomic E-state index is 13.2. The first kappa shape index (κ1) is 25.7. The van der Waals surface area contributed by atoms with Gasteiger partial charge in [0.15, 0.2) is 0 Å². The second kappa shape index (κ2) is 11.0. The first-order chi connectivity index (χ1) is 16.2. The van der Waals surface area contributed by atoms with E-state index >= 15 is 0 Å². The Morgan fingerprint density at radius 2 is 1.79 bits per heavy atom. The van der Waals surface area contributed by atoms with E-state index in [2.05, 4.69) is 5.32 Å².